The topological polar surface area (TPSA) is 109 Å². The van der Waals surface area contributed by atoms with Crippen LogP contribution in [0, 0.1) is 0 Å². The van der Waals surface area contributed by atoms with Crippen LogP contribution < -0.4 is 10.5 Å². The largest absolute Gasteiger partial charge is 0.451 e. The Kier molecular flexibility index (Phi) is 6.97. The average Bonchev–Trinajstić information content (AvgIpc) is 3.45. The Bertz CT molecular complexity index is 1270. The lowest BCUT2D eigenvalue weighted by Gasteiger charge is -2.33. The molecule has 3 aromatic heterocycles. The third-order valence-electron chi connectivity index (χ3n) is 5.62. The first-order chi connectivity index (χ1) is 16.9. The average molecular weight is 522 g/mol. The second-order valence-corrected chi connectivity index (χ2v) is 7.93. The number of nitrogens with one attached hydrogen (secondary N) is 1. The second-order valence-electron chi connectivity index (χ2n) is 7.93. The van der Waals surface area contributed by atoms with E-state index < -0.39 is 34.6 Å². The summed E-state index contributed by atoms with van der Waals surface area (Å²) in [6, 6.07) is -0.166. The molecule has 3 aromatic rings. The number of nitrogens with zero attached hydrogens (tertiary/aromatic N) is 5. The molecule has 1 saturated heterocycles. The number of fused-ring (bicyclic) bond motifs is 1. The van der Waals surface area contributed by atoms with Crippen LogP contribution in [0.25, 0.3) is 10.9 Å². The summed E-state index contributed by atoms with van der Waals surface area (Å²) >= 11 is 0. The van der Waals surface area contributed by atoms with Crippen molar-refractivity contribution in [3.8, 4) is 0 Å². The maximum Gasteiger partial charge on any atom is 0.451 e. The van der Waals surface area contributed by atoms with Gasteiger partial charge in [0.2, 0.25) is 11.7 Å². The molecule has 0 radical (unpaired) electrons. The van der Waals surface area contributed by atoms with Gasteiger partial charge in [-0.25, -0.2) is 10.1 Å². The van der Waals surface area contributed by atoms with Crippen molar-refractivity contribution >= 4 is 22.8 Å². The lowest BCUT2D eigenvalue weighted by Crippen LogP contribution is -2.49. The summed E-state index contributed by atoms with van der Waals surface area (Å²) in [6.45, 7) is 0.970. The van der Waals surface area contributed by atoms with Crippen LogP contribution in [0.4, 0.5) is 32.4 Å². The number of carbonyl (C=O) groups excluding carboxylic acids is 1. The molecule has 0 unspecified atom stereocenters. The maximum absolute atomic E-state index is 13.3. The number of anilines is 1. The van der Waals surface area contributed by atoms with Crippen LogP contribution in [0.15, 0.2) is 27.8 Å². The van der Waals surface area contributed by atoms with Crippen LogP contribution in [0.1, 0.15) is 17.7 Å². The van der Waals surface area contributed by atoms with Crippen LogP contribution in [0.5, 0.6) is 0 Å². The summed E-state index contributed by atoms with van der Waals surface area (Å²) in [6.07, 6.45) is -6.79. The molecule has 10 nitrogen and oxygen atoms in total. The molecule has 0 saturated carbocycles. The Hall–Kier alpha value is -3.56. The quantitative estimate of drug-likeness (QED) is 0.375. The van der Waals surface area contributed by atoms with Gasteiger partial charge >= 0.3 is 12.4 Å². The molecule has 0 aliphatic carbocycles. The normalized spacial score (nSPS) is 15.2. The predicted molar refractivity (Wildman–Crippen MR) is 111 cm³/mol. The van der Waals surface area contributed by atoms with E-state index >= 15 is 0 Å². The molecule has 4 rings (SSSR count). The van der Waals surface area contributed by atoms with Crippen LogP contribution in [0.3, 0.4) is 0 Å². The summed E-state index contributed by atoms with van der Waals surface area (Å²) in [5.41, 5.74) is -2.01. The number of alkyl halides is 6. The van der Waals surface area contributed by atoms with Gasteiger partial charge in [-0.05, 0) is 0 Å². The molecular weight excluding hydrogens is 502 g/mol. The first-order valence-corrected chi connectivity index (χ1v) is 10.7. The number of hydrogen-bond donors (Lipinski definition) is 1. The van der Waals surface area contributed by atoms with Gasteiger partial charge in [0.15, 0.2) is 0 Å². The molecule has 1 amide bonds. The molecule has 1 aliphatic rings. The van der Waals surface area contributed by atoms with Gasteiger partial charge in [0.25, 0.3) is 11.6 Å². The van der Waals surface area contributed by atoms with E-state index in [-0.39, 0.29) is 69.8 Å². The zero-order valence-electron chi connectivity index (χ0n) is 18.5. The van der Waals surface area contributed by atoms with E-state index in [1.54, 1.807) is 0 Å². The number of hydrogen-bond acceptors (Lipinski definition) is 7. The molecule has 196 valence electrons. The highest BCUT2D eigenvalue weighted by Crippen LogP contribution is 2.34. The predicted octanol–water partition coefficient (Wildman–Crippen LogP) is 2.51. The summed E-state index contributed by atoms with van der Waals surface area (Å²) in [5.74, 6) is -1.43. The molecule has 36 heavy (non-hydrogen) atoms. The van der Waals surface area contributed by atoms with Crippen molar-refractivity contribution in [1.82, 2.24) is 24.6 Å². The van der Waals surface area contributed by atoms with Gasteiger partial charge < -0.3 is 23.5 Å². The Morgan fingerprint density at radius 3 is 2.42 bits per heavy atom. The summed E-state index contributed by atoms with van der Waals surface area (Å²) in [4.78, 5) is 30.9. The number of rotatable bonds is 7. The molecule has 16 heteroatoms. The molecular formula is C20H20F6N6O4. The zero-order valence-corrected chi connectivity index (χ0v) is 18.5. The Balaban J connectivity index is 1.23. The number of oxazole rings is 1. The first-order valence-electron chi connectivity index (χ1n) is 10.7. The smallest absolute Gasteiger partial charge is 0.419 e. The number of carbonyl (C=O) groups is 1. The highest BCUT2D eigenvalue weighted by molar-refractivity contribution is 5.82. The number of ether oxygens (including phenoxy) is 1. The standard InChI is InChI=1S/C20H20F6N6O4/c21-19(22,23)12-11-32(13-9-28-29-17(34)16(12)13)6-8-35-7-1-15(33)30-2-4-31(5-3-30)18-27-10-14(36-18)20(24,25)26/h9-11H,1-8H2,(H,29,34). The number of H-pyrrole nitrogens is 1. The third-order valence-corrected chi connectivity index (χ3v) is 5.62. The van der Waals surface area contributed by atoms with Gasteiger partial charge in [0.05, 0.1) is 48.5 Å². The molecule has 0 atom stereocenters. The summed E-state index contributed by atoms with van der Waals surface area (Å²) in [5, 5.41) is 5.03. The molecule has 1 aliphatic heterocycles. The fourth-order valence-corrected chi connectivity index (χ4v) is 3.83. The minimum absolute atomic E-state index is 0.000634. The van der Waals surface area contributed by atoms with E-state index in [1.807, 2.05) is 5.10 Å². The maximum atomic E-state index is 13.3. The van der Waals surface area contributed by atoms with Crippen LogP contribution in [0.2, 0.25) is 0 Å². The van der Waals surface area contributed by atoms with Gasteiger partial charge in [-0.15, -0.1) is 0 Å². The molecule has 1 fully saturated rings. The lowest BCUT2D eigenvalue weighted by atomic mass is 10.2. The Morgan fingerprint density at radius 1 is 1.06 bits per heavy atom. The van der Waals surface area contributed by atoms with E-state index in [0.717, 1.165) is 12.4 Å². The lowest BCUT2D eigenvalue weighted by molar-refractivity contribution is -0.152. The van der Waals surface area contributed by atoms with Gasteiger partial charge in [0.1, 0.15) is 0 Å². The fraction of sp³-hybridized carbons (Fsp3) is 0.500. The van der Waals surface area contributed by atoms with Crippen molar-refractivity contribution in [2.45, 2.75) is 25.3 Å². The minimum atomic E-state index is -4.72. The van der Waals surface area contributed by atoms with Crippen molar-refractivity contribution in [2.75, 3.05) is 44.3 Å². The van der Waals surface area contributed by atoms with E-state index in [2.05, 4.69) is 10.1 Å². The number of piperazine rings is 1. The zero-order chi connectivity index (χ0) is 26.1. The Labute approximate surface area is 198 Å². The Morgan fingerprint density at radius 2 is 1.78 bits per heavy atom. The number of aromatic nitrogens is 4. The van der Waals surface area contributed by atoms with Gasteiger partial charge in [0, 0.05) is 38.9 Å². The SMILES string of the molecule is O=C(CCOCCn1cc(C(F)(F)F)c2c(=O)[nH]ncc21)N1CCN(c2ncc(C(F)(F)F)o2)CC1. The molecule has 0 spiro atoms. The van der Waals surface area contributed by atoms with E-state index in [0.29, 0.717) is 6.20 Å². The second kappa shape index (κ2) is 9.83. The van der Waals surface area contributed by atoms with Crippen molar-refractivity contribution in [1.29, 1.82) is 0 Å². The summed E-state index contributed by atoms with van der Waals surface area (Å²) in [7, 11) is 0. The third kappa shape index (κ3) is 5.47. The van der Waals surface area contributed by atoms with E-state index in [1.165, 1.54) is 14.4 Å². The highest BCUT2D eigenvalue weighted by Gasteiger charge is 2.37. The molecule has 0 aromatic carbocycles. The first kappa shape index (κ1) is 25.5. The number of aromatic amines is 1. The number of amides is 1. The molecule has 0 bridgehead atoms. The van der Waals surface area contributed by atoms with E-state index in [4.69, 9.17) is 9.15 Å². The van der Waals surface area contributed by atoms with Crippen molar-refractivity contribution < 1.29 is 40.3 Å². The van der Waals surface area contributed by atoms with Crippen LogP contribution in [-0.2, 0) is 28.4 Å². The van der Waals surface area contributed by atoms with Crippen LogP contribution in [-0.4, -0.2) is 69.9 Å². The molecule has 4 heterocycles. The van der Waals surface area contributed by atoms with Crippen molar-refractivity contribution in [2.24, 2.45) is 0 Å². The fourth-order valence-electron chi connectivity index (χ4n) is 3.83. The number of halogens is 6. The van der Waals surface area contributed by atoms with Crippen LogP contribution >= 0.6 is 0 Å². The molecule has 1 N–H and O–H groups in total. The van der Waals surface area contributed by atoms with Crippen molar-refractivity contribution in [3.05, 3.63) is 40.3 Å². The van der Waals surface area contributed by atoms with Gasteiger partial charge in [-0.1, -0.05) is 0 Å². The van der Waals surface area contributed by atoms with Crippen molar-refractivity contribution in [3.63, 3.8) is 0 Å². The summed E-state index contributed by atoms with van der Waals surface area (Å²) < 4.78 is 89.2. The van der Waals surface area contributed by atoms with E-state index in [9.17, 15) is 35.9 Å². The monoisotopic (exact) mass is 522 g/mol. The highest BCUT2D eigenvalue weighted by atomic mass is 19.4. The minimum Gasteiger partial charge on any atom is -0.419 e. The van der Waals surface area contributed by atoms with Gasteiger partial charge in [-0.3, -0.25) is 9.59 Å². The van der Waals surface area contributed by atoms with Gasteiger partial charge in [-0.2, -0.15) is 31.4 Å².